The van der Waals surface area contributed by atoms with Crippen LogP contribution in [0.4, 0.5) is 0 Å². The number of rotatable bonds is 3. The molecule has 0 bridgehead atoms. The third kappa shape index (κ3) is 3.52. The van der Waals surface area contributed by atoms with Crippen LogP contribution in [0.2, 0.25) is 0 Å². The third-order valence-corrected chi connectivity index (χ3v) is 3.30. The van der Waals surface area contributed by atoms with Crippen LogP contribution in [0.25, 0.3) is 0 Å². The Kier molecular flexibility index (Phi) is 4.53. The number of carbonyl (C=O) groups is 1. The minimum Gasteiger partial charge on any atom is -0.373 e. The lowest BCUT2D eigenvalue weighted by molar-refractivity contribution is -0.134. The largest absolute Gasteiger partial charge is 0.373 e. The van der Waals surface area contributed by atoms with Gasteiger partial charge in [-0.3, -0.25) is 9.69 Å². The summed E-state index contributed by atoms with van der Waals surface area (Å²) < 4.78 is 5.72. The summed E-state index contributed by atoms with van der Waals surface area (Å²) in [5, 5.41) is 3.33. The molecule has 2 aliphatic heterocycles. The number of hydrogen-bond donors (Lipinski definition) is 1. The van der Waals surface area contributed by atoms with Crippen molar-refractivity contribution in [2.45, 2.75) is 6.10 Å². The zero-order valence-electron chi connectivity index (χ0n) is 10.2. The predicted octanol–water partition coefficient (Wildman–Crippen LogP) is -0.695. The number of piperazine rings is 1. The number of nitrogens with zero attached hydrogens (tertiary/aromatic N) is 2. The van der Waals surface area contributed by atoms with Crippen molar-refractivity contribution in [1.82, 2.24) is 15.1 Å². The summed E-state index contributed by atoms with van der Waals surface area (Å²) >= 11 is 0. The van der Waals surface area contributed by atoms with Crippen molar-refractivity contribution in [2.75, 3.05) is 52.4 Å². The van der Waals surface area contributed by atoms with E-state index in [-0.39, 0.29) is 12.0 Å². The van der Waals surface area contributed by atoms with E-state index in [1.165, 1.54) is 6.08 Å². The van der Waals surface area contributed by atoms with E-state index in [1.54, 1.807) is 0 Å². The summed E-state index contributed by atoms with van der Waals surface area (Å²) in [6.45, 7) is 10.7. The standard InChI is InChI=1S/C12H21N3O2/c1-2-12(16)15-7-8-17-11(10-15)9-14-5-3-13-4-6-14/h2,11,13H,1,3-10H2. The van der Waals surface area contributed by atoms with Gasteiger partial charge in [0.2, 0.25) is 5.91 Å². The summed E-state index contributed by atoms with van der Waals surface area (Å²) in [5.74, 6) is 0.0126. The normalized spacial score (nSPS) is 26.8. The summed E-state index contributed by atoms with van der Waals surface area (Å²) in [5.41, 5.74) is 0. The summed E-state index contributed by atoms with van der Waals surface area (Å²) in [6.07, 6.45) is 1.53. The van der Waals surface area contributed by atoms with E-state index in [0.29, 0.717) is 19.7 Å². The average molecular weight is 239 g/mol. The smallest absolute Gasteiger partial charge is 0.246 e. The van der Waals surface area contributed by atoms with Crippen LogP contribution in [0.3, 0.4) is 0 Å². The van der Waals surface area contributed by atoms with E-state index >= 15 is 0 Å². The lowest BCUT2D eigenvalue weighted by atomic mass is 10.2. The monoisotopic (exact) mass is 239 g/mol. The molecule has 0 aromatic rings. The first-order valence-corrected chi connectivity index (χ1v) is 6.25. The van der Waals surface area contributed by atoms with Crippen LogP contribution < -0.4 is 5.32 Å². The van der Waals surface area contributed by atoms with Crippen LogP contribution in [-0.4, -0.2) is 74.2 Å². The summed E-state index contributed by atoms with van der Waals surface area (Å²) in [7, 11) is 0. The SMILES string of the molecule is C=CC(=O)N1CCOC(CN2CCNCC2)C1. The molecular weight excluding hydrogens is 218 g/mol. The summed E-state index contributed by atoms with van der Waals surface area (Å²) in [6, 6.07) is 0. The fourth-order valence-corrected chi connectivity index (χ4v) is 2.34. The van der Waals surface area contributed by atoms with Gasteiger partial charge in [0.05, 0.1) is 12.7 Å². The molecule has 0 radical (unpaired) electrons. The zero-order chi connectivity index (χ0) is 12.1. The number of ether oxygens (including phenoxy) is 1. The second-order valence-corrected chi connectivity index (χ2v) is 4.53. The highest BCUT2D eigenvalue weighted by atomic mass is 16.5. The van der Waals surface area contributed by atoms with Crippen molar-refractivity contribution in [1.29, 1.82) is 0 Å². The lowest BCUT2D eigenvalue weighted by Gasteiger charge is -2.36. The second kappa shape index (κ2) is 6.14. The highest BCUT2D eigenvalue weighted by molar-refractivity contribution is 5.87. The Morgan fingerprint density at radius 2 is 2.18 bits per heavy atom. The molecule has 2 aliphatic rings. The number of nitrogens with one attached hydrogen (secondary N) is 1. The topological polar surface area (TPSA) is 44.8 Å². The van der Waals surface area contributed by atoms with Crippen molar-refractivity contribution in [2.24, 2.45) is 0 Å². The number of amides is 1. The first kappa shape index (κ1) is 12.5. The van der Waals surface area contributed by atoms with Crippen molar-refractivity contribution in [3.63, 3.8) is 0 Å². The quantitative estimate of drug-likeness (QED) is 0.662. The molecule has 1 atom stereocenters. The summed E-state index contributed by atoms with van der Waals surface area (Å²) in [4.78, 5) is 15.7. The third-order valence-electron chi connectivity index (χ3n) is 3.30. The van der Waals surface area contributed by atoms with Crippen LogP contribution in [0.15, 0.2) is 12.7 Å². The Hall–Kier alpha value is -0.910. The molecule has 5 nitrogen and oxygen atoms in total. The molecule has 17 heavy (non-hydrogen) atoms. The van der Waals surface area contributed by atoms with E-state index < -0.39 is 0 Å². The van der Waals surface area contributed by atoms with Gasteiger partial charge in [-0.15, -0.1) is 0 Å². The van der Waals surface area contributed by atoms with E-state index in [0.717, 1.165) is 32.7 Å². The molecule has 1 amide bonds. The molecule has 2 fully saturated rings. The molecule has 0 spiro atoms. The molecule has 0 aromatic heterocycles. The van der Waals surface area contributed by atoms with Crippen molar-refractivity contribution in [3.05, 3.63) is 12.7 Å². The maximum atomic E-state index is 11.5. The van der Waals surface area contributed by atoms with Crippen molar-refractivity contribution >= 4 is 5.91 Å². The Morgan fingerprint density at radius 1 is 1.41 bits per heavy atom. The minimum atomic E-state index is 0.0126. The van der Waals surface area contributed by atoms with E-state index in [9.17, 15) is 4.79 Å². The van der Waals surface area contributed by atoms with Crippen LogP contribution in [0.5, 0.6) is 0 Å². The van der Waals surface area contributed by atoms with Crippen LogP contribution in [-0.2, 0) is 9.53 Å². The molecule has 1 unspecified atom stereocenters. The van der Waals surface area contributed by atoms with Crippen LogP contribution in [0, 0.1) is 0 Å². The molecule has 0 saturated carbocycles. The van der Waals surface area contributed by atoms with Gasteiger partial charge < -0.3 is 15.0 Å². The maximum absolute atomic E-state index is 11.5. The molecule has 2 rings (SSSR count). The Morgan fingerprint density at radius 3 is 2.88 bits per heavy atom. The van der Waals surface area contributed by atoms with Gasteiger partial charge in [0.25, 0.3) is 0 Å². The number of hydrogen-bond acceptors (Lipinski definition) is 4. The van der Waals surface area contributed by atoms with Crippen LogP contribution >= 0.6 is 0 Å². The van der Waals surface area contributed by atoms with Gasteiger partial charge in [-0.2, -0.15) is 0 Å². The van der Waals surface area contributed by atoms with Gasteiger partial charge >= 0.3 is 0 Å². The Balaban J connectivity index is 1.80. The fraction of sp³-hybridized carbons (Fsp3) is 0.750. The molecule has 1 N–H and O–H groups in total. The molecule has 0 aromatic carbocycles. The minimum absolute atomic E-state index is 0.0126. The molecule has 0 aliphatic carbocycles. The van der Waals surface area contributed by atoms with E-state index in [4.69, 9.17) is 4.74 Å². The van der Waals surface area contributed by atoms with Crippen LogP contribution in [0.1, 0.15) is 0 Å². The van der Waals surface area contributed by atoms with E-state index in [2.05, 4.69) is 16.8 Å². The molecule has 5 heteroatoms. The van der Waals surface area contributed by atoms with E-state index in [1.807, 2.05) is 4.90 Å². The number of carbonyl (C=O) groups excluding carboxylic acids is 1. The predicted molar refractivity (Wildman–Crippen MR) is 65.8 cm³/mol. The first-order chi connectivity index (χ1) is 8.29. The zero-order valence-corrected chi connectivity index (χ0v) is 10.2. The van der Waals surface area contributed by atoms with Gasteiger partial charge in [-0.25, -0.2) is 0 Å². The van der Waals surface area contributed by atoms with Gasteiger partial charge in [-0.1, -0.05) is 6.58 Å². The van der Waals surface area contributed by atoms with Gasteiger partial charge in [0.1, 0.15) is 0 Å². The molecule has 2 saturated heterocycles. The van der Waals surface area contributed by atoms with Gasteiger partial charge in [0.15, 0.2) is 0 Å². The molecular formula is C12H21N3O2. The first-order valence-electron chi connectivity index (χ1n) is 6.25. The lowest BCUT2D eigenvalue weighted by Crippen LogP contribution is -2.52. The highest BCUT2D eigenvalue weighted by Gasteiger charge is 2.25. The highest BCUT2D eigenvalue weighted by Crippen LogP contribution is 2.08. The van der Waals surface area contributed by atoms with Crippen molar-refractivity contribution < 1.29 is 9.53 Å². The van der Waals surface area contributed by atoms with Crippen molar-refractivity contribution in [3.8, 4) is 0 Å². The second-order valence-electron chi connectivity index (χ2n) is 4.53. The molecule has 96 valence electrons. The fourth-order valence-electron chi connectivity index (χ4n) is 2.34. The van der Waals surface area contributed by atoms with Gasteiger partial charge in [0, 0.05) is 45.8 Å². The average Bonchev–Trinajstić information content (AvgIpc) is 2.39. The number of morpholine rings is 1. The maximum Gasteiger partial charge on any atom is 0.246 e. The Labute approximate surface area is 102 Å². The van der Waals surface area contributed by atoms with Gasteiger partial charge in [-0.05, 0) is 6.08 Å². The Bertz CT molecular complexity index is 277. The molecule has 2 heterocycles.